The van der Waals surface area contributed by atoms with E-state index in [1.54, 1.807) is 12.1 Å². The van der Waals surface area contributed by atoms with Crippen LogP contribution in [0.25, 0.3) is 0 Å². The van der Waals surface area contributed by atoms with Gasteiger partial charge in [-0.05, 0) is 57.6 Å². The number of rotatable bonds is 5. The molecule has 0 heterocycles. The molecule has 3 heteroatoms. The molecule has 0 aromatic heterocycles. The van der Waals surface area contributed by atoms with Gasteiger partial charge in [-0.25, -0.2) is 4.39 Å². The van der Waals surface area contributed by atoms with Crippen LogP contribution in [0.3, 0.4) is 0 Å². The van der Waals surface area contributed by atoms with Crippen molar-refractivity contribution in [3.8, 4) is 5.75 Å². The van der Waals surface area contributed by atoms with Gasteiger partial charge >= 0.3 is 0 Å². The van der Waals surface area contributed by atoms with Gasteiger partial charge in [0.2, 0.25) is 0 Å². The molecule has 1 aromatic rings. The fourth-order valence-electron chi connectivity index (χ4n) is 2.46. The molecule has 1 aromatic carbocycles. The summed E-state index contributed by atoms with van der Waals surface area (Å²) < 4.78 is 19.0. The number of halogens is 1. The molecule has 17 heavy (non-hydrogen) atoms. The van der Waals surface area contributed by atoms with Crippen molar-refractivity contribution in [2.45, 2.75) is 31.9 Å². The Morgan fingerprint density at radius 2 is 1.88 bits per heavy atom. The molecule has 2 nitrogen and oxygen atoms in total. The summed E-state index contributed by atoms with van der Waals surface area (Å²) in [5.74, 6) is 1.11. The van der Waals surface area contributed by atoms with Gasteiger partial charge in [0.1, 0.15) is 11.6 Å². The zero-order chi connectivity index (χ0) is 12.5. The third-order valence-corrected chi connectivity index (χ3v) is 3.59. The molecule has 2 rings (SSSR count). The van der Waals surface area contributed by atoms with Crippen LogP contribution in [0.1, 0.15) is 26.2 Å². The summed E-state index contributed by atoms with van der Waals surface area (Å²) in [5, 5.41) is 0. The average molecular weight is 237 g/mol. The lowest BCUT2D eigenvalue weighted by Gasteiger charge is -2.39. The van der Waals surface area contributed by atoms with Crippen molar-refractivity contribution in [3.05, 3.63) is 30.1 Å². The highest BCUT2D eigenvalue weighted by molar-refractivity contribution is 5.23. The van der Waals surface area contributed by atoms with Gasteiger partial charge in [-0.1, -0.05) is 6.92 Å². The first-order valence-electron chi connectivity index (χ1n) is 6.20. The van der Waals surface area contributed by atoms with Crippen LogP contribution in [0.15, 0.2) is 24.3 Å². The fourth-order valence-corrected chi connectivity index (χ4v) is 2.46. The van der Waals surface area contributed by atoms with E-state index < -0.39 is 0 Å². The van der Waals surface area contributed by atoms with E-state index in [1.807, 2.05) is 14.1 Å². The van der Waals surface area contributed by atoms with Gasteiger partial charge in [-0.2, -0.15) is 0 Å². The number of hydrogen-bond acceptors (Lipinski definition) is 2. The van der Waals surface area contributed by atoms with Gasteiger partial charge in [0, 0.05) is 5.92 Å². The molecule has 1 atom stereocenters. The van der Waals surface area contributed by atoms with Crippen LogP contribution >= 0.6 is 0 Å². The highest BCUT2D eigenvalue weighted by Gasteiger charge is 2.48. The van der Waals surface area contributed by atoms with Crippen molar-refractivity contribution in [2.75, 3.05) is 14.1 Å². The quantitative estimate of drug-likeness (QED) is 0.729. The summed E-state index contributed by atoms with van der Waals surface area (Å²) in [7, 11) is 4.09. The van der Waals surface area contributed by atoms with Crippen LogP contribution in [0.5, 0.6) is 5.75 Å². The van der Waals surface area contributed by atoms with E-state index in [1.165, 1.54) is 25.0 Å². The largest absolute Gasteiger partial charge is 0.472 e. The lowest BCUT2D eigenvalue weighted by molar-refractivity contribution is -0.0796. The molecule has 1 saturated carbocycles. The van der Waals surface area contributed by atoms with Crippen molar-refractivity contribution in [1.29, 1.82) is 0 Å². The monoisotopic (exact) mass is 237 g/mol. The van der Waals surface area contributed by atoms with E-state index in [9.17, 15) is 4.39 Å². The Morgan fingerprint density at radius 1 is 1.29 bits per heavy atom. The molecule has 1 aliphatic rings. The molecule has 0 radical (unpaired) electrons. The Kier molecular flexibility index (Phi) is 3.38. The molecule has 0 spiro atoms. The Morgan fingerprint density at radius 3 is 2.29 bits per heavy atom. The maximum atomic E-state index is 12.9. The smallest absolute Gasteiger partial charge is 0.165 e. The second-order valence-corrected chi connectivity index (χ2v) is 4.92. The SMILES string of the molecule is CCC(Oc1ccc(F)cc1)(C1CC1)N(C)C. The second kappa shape index (κ2) is 4.65. The number of hydrogen-bond donors (Lipinski definition) is 0. The van der Waals surface area contributed by atoms with E-state index >= 15 is 0 Å². The highest BCUT2D eigenvalue weighted by Crippen LogP contribution is 2.45. The maximum Gasteiger partial charge on any atom is 0.165 e. The van der Waals surface area contributed by atoms with Gasteiger partial charge in [0.15, 0.2) is 5.72 Å². The van der Waals surface area contributed by atoms with Crippen molar-refractivity contribution < 1.29 is 9.13 Å². The number of nitrogens with zero attached hydrogens (tertiary/aromatic N) is 1. The molecule has 94 valence electrons. The summed E-state index contributed by atoms with van der Waals surface area (Å²) in [4.78, 5) is 2.15. The Labute approximate surface area is 102 Å². The normalized spacial score (nSPS) is 19.1. The van der Waals surface area contributed by atoms with Crippen molar-refractivity contribution >= 4 is 0 Å². The topological polar surface area (TPSA) is 12.5 Å². The summed E-state index contributed by atoms with van der Waals surface area (Å²) in [6, 6.07) is 6.29. The van der Waals surface area contributed by atoms with Crippen LogP contribution in [-0.2, 0) is 0 Å². The predicted octanol–water partition coefficient (Wildman–Crippen LogP) is 3.28. The Bertz CT molecular complexity index is 368. The lowest BCUT2D eigenvalue weighted by Crippen LogP contribution is -2.51. The third kappa shape index (κ3) is 2.44. The van der Waals surface area contributed by atoms with Crippen LogP contribution in [-0.4, -0.2) is 24.7 Å². The van der Waals surface area contributed by atoms with Crippen LogP contribution in [0, 0.1) is 11.7 Å². The first-order chi connectivity index (χ1) is 8.08. The molecule has 1 unspecified atom stereocenters. The second-order valence-electron chi connectivity index (χ2n) is 4.92. The lowest BCUT2D eigenvalue weighted by atomic mass is 10.0. The number of ether oxygens (including phenoxy) is 1. The van der Waals surface area contributed by atoms with Crippen molar-refractivity contribution in [3.63, 3.8) is 0 Å². The van der Waals surface area contributed by atoms with E-state index in [2.05, 4.69) is 11.8 Å². The maximum absolute atomic E-state index is 12.9. The molecule has 1 aliphatic carbocycles. The van der Waals surface area contributed by atoms with E-state index in [0.717, 1.165) is 12.2 Å². The molecule has 0 saturated heterocycles. The zero-order valence-electron chi connectivity index (χ0n) is 10.7. The molecule has 1 fully saturated rings. The fraction of sp³-hybridized carbons (Fsp3) is 0.571. The molecule has 0 bridgehead atoms. The Balaban J connectivity index is 2.20. The van der Waals surface area contributed by atoms with Crippen LogP contribution in [0.4, 0.5) is 4.39 Å². The minimum atomic E-state index is -0.238. The molecular formula is C14H20FNO. The third-order valence-electron chi connectivity index (χ3n) is 3.59. The summed E-state index contributed by atoms with van der Waals surface area (Å²) in [6.45, 7) is 2.14. The van der Waals surface area contributed by atoms with Gasteiger partial charge in [0.25, 0.3) is 0 Å². The van der Waals surface area contributed by atoms with Gasteiger partial charge in [-0.15, -0.1) is 0 Å². The molecule has 0 amide bonds. The van der Waals surface area contributed by atoms with E-state index in [4.69, 9.17) is 4.74 Å². The van der Waals surface area contributed by atoms with Gasteiger partial charge < -0.3 is 4.74 Å². The predicted molar refractivity (Wildman–Crippen MR) is 66.5 cm³/mol. The highest BCUT2D eigenvalue weighted by atomic mass is 19.1. The molecule has 0 N–H and O–H groups in total. The minimum Gasteiger partial charge on any atom is -0.472 e. The molecular weight excluding hydrogens is 217 g/mol. The van der Waals surface area contributed by atoms with Gasteiger partial charge in [-0.3, -0.25) is 4.90 Å². The minimum absolute atomic E-state index is 0.226. The molecule has 0 aliphatic heterocycles. The first-order valence-corrected chi connectivity index (χ1v) is 6.20. The zero-order valence-corrected chi connectivity index (χ0v) is 10.7. The average Bonchev–Trinajstić information content (AvgIpc) is 3.12. The Hall–Kier alpha value is -1.09. The van der Waals surface area contributed by atoms with Crippen LogP contribution in [0.2, 0.25) is 0 Å². The summed E-state index contributed by atoms with van der Waals surface area (Å²) in [6.07, 6.45) is 3.36. The summed E-state index contributed by atoms with van der Waals surface area (Å²) >= 11 is 0. The van der Waals surface area contributed by atoms with Crippen LogP contribution < -0.4 is 4.74 Å². The van der Waals surface area contributed by atoms with E-state index in [0.29, 0.717) is 5.92 Å². The van der Waals surface area contributed by atoms with E-state index in [-0.39, 0.29) is 11.5 Å². The van der Waals surface area contributed by atoms with Gasteiger partial charge in [0.05, 0.1) is 0 Å². The standard InChI is InChI=1S/C14H20FNO/c1-4-14(16(2)3,11-5-6-11)17-13-9-7-12(15)8-10-13/h7-11H,4-6H2,1-3H3. The van der Waals surface area contributed by atoms with Crippen molar-refractivity contribution in [2.24, 2.45) is 5.92 Å². The number of benzene rings is 1. The van der Waals surface area contributed by atoms with Crippen molar-refractivity contribution in [1.82, 2.24) is 4.90 Å². The summed E-state index contributed by atoms with van der Waals surface area (Å²) in [5.41, 5.74) is -0.238. The first kappa shape index (κ1) is 12.4.